The summed E-state index contributed by atoms with van der Waals surface area (Å²) in [7, 11) is -3.11. The van der Waals surface area contributed by atoms with Gasteiger partial charge in [0.15, 0.2) is 0 Å². The molecule has 1 fully saturated rings. The molecule has 0 aromatic rings. The van der Waals surface area contributed by atoms with Gasteiger partial charge in [-0.15, -0.1) is 0 Å². The smallest absolute Gasteiger partial charge is 0.306 e. The number of hydrogen-bond acceptors (Lipinski definition) is 3. The van der Waals surface area contributed by atoms with Crippen LogP contribution in [0.2, 0.25) is 0 Å². The van der Waals surface area contributed by atoms with E-state index < -0.39 is 7.60 Å². The van der Waals surface area contributed by atoms with E-state index >= 15 is 0 Å². The maximum Gasteiger partial charge on any atom is 0.360 e. The van der Waals surface area contributed by atoms with Crippen molar-refractivity contribution in [2.24, 2.45) is 5.92 Å². The summed E-state index contributed by atoms with van der Waals surface area (Å²) in [6, 6.07) is 0. The third-order valence-electron chi connectivity index (χ3n) is 2.38. The molecule has 1 aliphatic rings. The Balaban J connectivity index is 2.99. The number of rotatable bonds is 7. The van der Waals surface area contributed by atoms with E-state index in [2.05, 4.69) is 6.08 Å². The zero-order chi connectivity index (χ0) is 12.9. The lowest BCUT2D eigenvalue weighted by Gasteiger charge is -2.18. The Hall–Kier alpha value is -0.370. The monoisotopic (exact) mass is 258 g/mol. The molecule has 1 saturated carbocycles. The summed E-state index contributed by atoms with van der Waals surface area (Å²) >= 11 is 0. The molecule has 0 amide bonds. The zero-order valence-corrected chi connectivity index (χ0v) is 12.1. The van der Waals surface area contributed by atoms with E-state index in [0.717, 1.165) is 10.9 Å². The van der Waals surface area contributed by atoms with Gasteiger partial charge in [0.25, 0.3) is 0 Å². The van der Waals surface area contributed by atoms with Crippen LogP contribution in [0.4, 0.5) is 0 Å². The van der Waals surface area contributed by atoms with E-state index in [1.165, 1.54) is 12.8 Å². The first-order chi connectivity index (χ1) is 8.01. The summed E-state index contributed by atoms with van der Waals surface area (Å²) in [5.74, 6) is 0.551. The molecule has 0 heterocycles. The van der Waals surface area contributed by atoms with Crippen molar-refractivity contribution in [2.75, 3.05) is 13.2 Å². The molecule has 0 N–H and O–H groups in total. The van der Waals surface area contributed by atoms with Gasteiger partial charge in [0, 0.05) is 0 Å². The highest BCUT2D eigenvalue weighted by Gasteiger charge is 2.31. The minimum Gasteiger partial charge on any atom is -0.306 e. The van der Waals surface area contributed by atoms with Gasteiger partial charge in [-0.1, -0.05) is 11.6 Å². The van der Waals surface area contributed by atoms with Crippen molar-refractivity contribution >= 4 is 7.60 Å². The summed E-state index contributed by atoms with van der Waals surface area (Å²) in [5.41, 5.74) is 1.11. The molecule has 0 aromatic heterocycles. The van der Waals surface area contributed by atoms with Crippen LogP contribution in [-0.2, 0) is 13.6 Å². The number of allylic oxidation sites excluding steroid dienone is 4. The average molecular weight is 258 g/mol. The van der Waals surface area contributed by atoms with Gasteiger partial charge in [0.05, 0.1) is 18.5 Å². The van der Waals surface area contributed by atoms with E-state index in [0.29, 0.717) is 19.1 Å². The van der Waals surface area contributed by atoms with Crippen LogP contribution in [-0.4, -0.2) is 13.2 Å². The van der Waals surface area contributed by atoms with Gasteiger partial charge in [-0.2, -0.15) is 0 Å². The molecule has 0 aliphatic heterocycles. The predicted molar refractivity (Wildman–Crippen MR) is 71.1 cm³/mol. The molecule has 98 valence electrons. The third-order valence-corrected chi connectivity index (χ3v) is 4.49. The van der Waals surface area contributed by atoms with Gasteiger partial charge in [-0.3, -0.25) is 4.57 Å². The standard InChI is InChI=1S/C13H23O3P/c1-5-15-17(14,16-6-2)13(9-11(3)4)10-12-7-8-12/h9-10,12H,5-8H2,1-4H3/b13-10-. The van der Waals surface area contributed by atoms with Crippen molar-refractivity contribution in [1.82, 2.24) is 0 Å². The Morgan fingerprint density at radius 3 is 2.12 bits per heavy atom. The topological polar surface area (TPSA) is 35.5 Å². The van der Waals surface area contributed by atoms with Gasteiger partial charge in [-0.05, 0) is 52.5 Å². The second-order valence-electron chi connectivity index (χ2n) is 4.48. The van der Waals surface area contributed by atoms with Crippen molar-refractivity contribution in [2.45, 2.75) is 40.5 Å². The predicted octanol–water partition coefficient (Wildman–Crippen LogP) is 4.51. The molecule has 1 aliphatic carbocycles. The summed E-state index contributed by atoms with van der Waals surface area (Å²) < 4.78 is 23.4. The molecule has 1 rings (SSSR count). The van der Waals surface area contributed by atoms with Crippen LogP contribution in [0.3, 0.4) is 0 Å². The minimum absolute atomic E-state index is 0.399. The quantitative estimate of drug-likeness (QED) is 0.497. The maximum absolute atomic E-state index is 12.7. The first-order valence-corrected chi connectivity index (χ1v) is 7.82. The van der Waals surface area contributed by atoms with Crippen molar-refractivity contribution in [3.05, 3.63) is 23.0 Å². The summed E-state index contributed by atoms with van der Waals surface area (Å²) in [6.45, 7) is 8.45. The van der Waals surface area contributed by atoms with Gasteiger partial charge >= 0.3 is 7.60 Å². The first kappa shape index (κ1) is 14.7. The lowest BCUT2D eigenvalue weighted by molar-refractivity contribution is 0.227. The van der Waals surface area contributed by atoms with E-state index in [-0.39, 0.29) is 0 Å². The lowest BCUT2D eigenvalue weighted by atomic mass is 10.3. The van der Waals surface area contributed by atoms with Crippen LogP contribution in [0, 0.1) is 5.92 Å². The Morgan fingerprint density at radius 1 is 1.24 bits per heavy atom. The molecule has 0 unspecified atom stereocenters. The molecule has 0 spiro atoms. The Kier molecular flexibility index (Phi) is 5.64. The lowest BCUT2D eigenvalue weighted by Crippen LogP contribution is -1.98. The van der Waals surface area contributed by atoms with Crippen LogP contribution in [0.5, 0.6) is 0 Å². The van der Waals surface area contributed by atoms with E-state index in [9.17, 15) is 4.57 Å². The van der Waals surface area contributed by atoms with Crippen LogP contribution in [0.1, 0.15) is 40.5 Å². The molecule has 0 saturated heterocycles. The van der Waals surface area contributed by atoms with Gasteiger partial charge in [-0.25, -0.2) is 0 Å². The molecular weight excluding hydrogens is 235 g/mol. The molecule has 0 aromatic carbocycles. The largest absolute Gasteiger partial charge is 0.360 e. The Morgan fingerprint density at radius 2 is 1.76 bits per heavy atom. The van der Waals surface area contributed by atoms with E-state index in [4.69, 9.17) is 9.05 Å². The SMILES string of the molecule is CCOP(=O)(OCC)/C(C=C(C)C)=C\C1CC1. The van der Waals surface area contributed by atoms with Gasteiger partial charge in [0.1, 0.15) is 0 Å². The van der Waals surface area contributed by atoms with Crippen molar-refractivity contribution in [3.8, 4) is 0 Å². The van der Waals surface area contributed by atoms with Crippen molar-refractivity contribution in [3.63, 3.8) is 0 Å². The van der Waals surface area contributed by atoms with Crippen molar-refractivity contribution in [1.29, 1.82) is 0 Å². The van der Waals surface area contributed by atoms with Crippen LogP contribution >= 0.6 is 7.60 Å². The fourth-order valence-corrected chi connectivity index (χ4v) is 3.41. The van der Waals surface area contributed by atoms with E-state index in [1.807, 2.05) is 33.8 Å². The number of hydrogen-bond donors (Lipinski definition) is 0. The van der Waals surface area contributed by atoms with Crippen LogP contribution in [0.25, 0.3) is 0 Å². The zero-order valence-electron chi connectivity index (χ0n) is 11.2. The fraction of sp³-hybridized carbons (Fsp3) is 0.692. The summed E-state index contributed by atoms with van der Waals surface area (Å²) in [4.78, 5) is 0. The van der Waals surface area contributed by atoms with Crippen molar-refractivity contribution < 1.29 is 13.6 Å². The van der Waals surface area contributed by atoms with Crippen LogP contribution < -0.4 is 0 Å². The summed E-state index contributed by atoms with van der Waals surface area (Å²) in [5, 5.41) is 0.726. The minimum atomic E-state index is -3.11. The Bertz CT molecular complexity index is 340. The molecule has 0 bridgehead atoms. The Labute approximate surface area is 104 Å². The molecule has 0 radical (unpaired) electrons. The van der Waals surface area contributed by atoms with Crippen LogP contribution in [0.15, 0.2) is 23.0 Å². The maximum atomic E-state index is 12.7. The third kappa shape index (κ3) is 4.79. The van der Waals surface area contributed by atoms with Gasteiger partial charge < -0.3 is 9.05 Å². The normalized spacial score (nSPS) is 17.1. The van der Waals surface area contributed by atoms with Gasteiger partial charge in [0.2, 0.25) is 0 Å². The highest BCUT2D eigenvalue weighted by molar-refractivity contribution is 7.58. The average Bonchev–Trinajstić information content (AvgIpc) is 3.00. The second kappa shape index (κ2) is 6.53. The summed E-state index contributed by atoms with van der Waals surface area (Å²) in [6.07, 6.45) is 6.33. The molecule has 17 heavy (non-hydrogen) atoms. The fourth-order valence-electron chi connectivity index (χ4n) is 1.54. The first-order valence-electron chi connectivity index (χ1n) is 6.28. The molecular formula is C13H23O3P. The second-order valence-corrected chi connectivity index (χ2v) is 6.51. The molecule has 4 heteroatoms. The molecule has 3 nitrogen and oxygen atoms in total. The molecule has 0 atom stereocenters. The highest BCUT2D eigenvalue weighted by atomic mass is 31.2. The van der Waals surface area contributed by atoms with E-state index in [1.54, 1.807) is 0 Å². The highest BCUT2D eigenvalue weighted by Crippen LogP contribution is 2.58.